The second-order valence-electron chi connectivity index (χ2n) is 6.51. The van der Waals surface area contributed by atoms with Crippen LogP contribution < -0.4 is 5.32 Å². The Labute approximate surface area is 146 Å². The highest BCUT2D eigenvalue weighted by Gasteiger charge is 2.19. The molecule has 4 heteroatoms. The molecule has 0 aliphatic heterocycles. The summed E-state index contributed by atoms with van der Waals surface area (Å²) in [6.07, 6.45) is 5.97. The number of hydrogen-bond donors (Lipinski definition) is 2. The molecule has 2 aromatic rings. The first-order chi connectivity index (χ1) is 11.7. The third-order valence-electron chi connectivity index (χ3n) is 4.57. The third-order valence-corrected chi connectivity index (χ3v) is 6.40. The topological polar surface area (TPSA) is 49.3 Å². The van der Waals surface area contributed by atoms with Crippen molar-refractivity contribution < 1.29 is 9.32 Å². The van der Waals surface area contributed by atoms with Crippen LogP contribution in [0.4, 0.5) is 5.69 Å². The predicted molar refractivity (Wildman–Crippen MR) is 101 cm³/mol. The van der Waals surface area contributed by atoms with Crippen molar-refractivity contribution in [2.75, 3.05) is 5.32 Å². The van der Waals surface area contributed by atoms with Crippen molar-refractivity contribution >= 4 is 16.5 Å². The average molecular weight is 343 g/mol. The Hall–Kier alpha value is -1.81. The normalized spacial score (nSPS) is 16.7. The van der Waals surface area contributed by atoms with Crippen molar-refractivity contribution in [3.05, 3.63) is 59.7 Å². The van der Waals surface area contributed by atoms with Crippen LogP contribution >= 0.6 is 0 Å². The molecule has 0 spiro atoms. The molecule has 0 heterocycles. The summed E-state index contributed by atoms with van der Waals surface area (Å²) in [4.78, 5) is 0. The van der Waals surface area contributed by atoms with E-state index in [1.807, 2.05) is 24.3 Å². The molecule has 3 rings (SSSR count). The van der Waals surface area contributed by atoms with Gasteiger partial charge in [-0.2, -0.15) is 0 Å². The fourth-order valence-electron chi connectivity index (χ4n) is 3.25. The van der Waals surface area contributed by atoms with Crippen LogP contribution in [0.15, 0.2) is 48.5 Å². The highest BCUT2D eigenvalue weighted by molar-refractivity contribution is 7.84. The summed E-state index contributed by atoms with van der Waals surface area (Å²) in [6.45, 7) is 0.656. The zero-order valence-electron chi connectivity index (χ0n) is 13.9. The van der Waals surface area contributed by atoms with E-state index in [4.69, 9.17) is 0 Å². The molecule has 0 unspecified atom stereocenters. The average Bonchev–Trinajstić information content (AvgIpc) is 2.61. The first-order valence-electron chi connectivity index (χ1n) is 8.68. The predicted octanol–water partition coefficient (Wildman–Crippen LogP) is 4.59. The zero-order valence-corrected chi connectivity index (χ0v) is 14.7. The summed E-state index contributed by atoms with van der Waals surface area (Å²) in [7, 11) is -0.770. The Balaban J connectivity index is 1.58. The van der Waals surface area contributed by atoms with Gasteiger partial charge in [0.2, 0.25) is 0 Å². The van der Waals surface area contributed by atoms with Gasteiger partial charge in [-0.25, -0.2) is 0 Å². The van der Waals surface area contributed by atoms with Crippen LogP contribution in [0.5, 0.6) is 5.75 Å². The standard InChI is InChI=1S/C20H25NO2S/c22-19-9-5-6-16(13-19)14-21-18-8-4-7-17(12-18)15-24(23)20-10-2-1-3-11-20/h4-9,12-13,20-22H,1-3,10-11,14-15H2/t24-/m1/s1. The van der Waals surface area contributed by atoms with E-state index in [2.05, 4.69) is 17.4 Å². The van der Waals surface area contributed by atoms with Gasteiger partial charge in [0.1, 0.15) is 5.75 Å². The molecule has 0 radical (unpaired) electrons. The van der Waals surface area contributed by atoms with E-state index in [1.165, 1.54) is 19.3 Å². The fraction of sp³-hybridized carbons (Fsp3) is 0.400. The lowest BCUT2D eigenvalue weighted by molar-refractivity contribution is 0.474. The Morgan fingerprint density at radius 1 is 1.00 bits per heavy atom. The van der Waals surface area contributed by atoms with Crippen LogP contribution in [0.3, 0.4) is 0 Å². The molecule has 3 nitrogen and oxygen atoms in total. The number of anilines is 1. The number of nitrogens with one attached hydrogen (secondary N) is 1. The van der Waals surface area contributed by atoms with Crippen LogP contribution in [-0.4, -0.2) is 14.6 Å². The van der Waals surface area contributed by atoms with E-state index in [0.29, 0.717) is 17.5 Å². The molecule has 1 saturated carbocycles. The highest BCUT2D eigenvalue weighted by atomic mass is 32.2. The maximum Gasteiger partial charge on any atom is 0.115 e. The van der Waals surface area contributed by atoms with Crippen LogP contribution in [0, 0.1) is 0 Å². The molecule has 1 fully saturated rings. The van der Waals surface area contributed by atoms with Gasteiger partial charge in [0.25, 0.3) is 0 Å². The summed E-state index contributed by atoms with van der Waals surface area (Å²) in [5.74, 6) is 0.928. The number of hydrogen-bond acceptors (Lipinski definition) is 3. The minimum atomic E-state index is -0.770. The summed E-state index contributed by atoms with van der Waals surface area (Å²) in [6, 6.07) is 15.4. The molecule has 1 aliphatic rings. The van der Waals surface area contributed by atoms with Gasteiger partial charge in [-0.1, -0.05) is 43.5 Å². The lowest BCUT2D eigenvalue weighted by Crippen LogP contribution is -2.19. The summed E-state index contributed by atoms with van der Waals surface area (Å²) >= 11 is 0. The van der Waals surface area contributed by atoms with Crippen LogP contribution in [0.2, 0.25) is 0 Å². The molecular weight excluding hydrogens is 318 g/mol. The van der Waals surface area contributed by atoms with Gasteiger partial charge < -0.3 is 10.4 Å². The number of benzene rings is 2. The van der Waals surface area contributed by atoms with E-state index >= 15 is 0 Å². The van der Waals surface area contributed by atoms with Crippen molar-refractivity contribution in [3.63, 3.8) is 0 Å². The lowest BCUT2D eigenvalue weighted by atomic mass is 10.0. The summed E-state index contributed by atoms with van der Waals surface area (Å²) in [5, 5.41) is 13.3. The van der Waals surface area contributed by atoms with Crippen LogP contribution in [-0.2, 0) is 23.1 Å². The molecule has 0 aromatic heterocycles. The van der Waals surface area contributed by atoms with Gasteiger partial charge in [0.15, 0.2) is 0 Å². The van der Waals surface area contributed by atoms with E-state index in [-0.39, 0.29) is 5.75 Å². The molecule has 0 amide bonds. The van der Waals surface area contributed by atoms with Gasteiger partial charge in [-0.05, 0) is 48.2 Å². The largest absolute Gasteiger partial charge is 0.508 e. The zero-order chi connectivity index (χ0) is 16.8. The molecule has 0 saturated heterocycles. The molecule has 24 heavy (non-hydrogen) atoms. The quantitative estimate of drug-likeness (QED) is 0.807. The van der Waals surface area contributed by atoms with Gasteiger partial charge in [-0.3, -0.25) is 4.21 Å². The summed E-state index contributed by atoms with van der Waals surface area (Å²) in [5.41, 5.74) is 3.18. The number of rotatable bonds is 6. The van der Waals surface area contributed by atoms with Gasteiger partial charge in [-0.15, -0.1) is 0 Å². The van der Waals surface area contributed by atoms with Gasteiger partial charge in [0.05, 0.1) is 0 Å². The van der Waals surface area contributed by atoms with Gasteiger partial charge in [0, 0.05) is 34.0 Å². The van der Waals surface area contributed by atoms with Crippen LogP contribution in [0.25, 0.3) is 0 Å². The monoisotopic (exact) mass is 343 g/mol. The molecule has 2 N–H and O–H groups in total. The Morgan fingerprint density at radius 3 is 2.54 bits per heavy atom. The SMILES string of the molecule is O=[S@](Cc1cccc(NCc2cccc(O)c2)c1)C1CCCCC1. The number of phenols is 1. The molecular formula is C20H25NO2S. The Kier molecular flexibility index (Phi) is 5.91. The molecule has 1 aliphatic carbocycles. The van der Waals surface area contributed by atoms with Crippen molar-refractivity contribution in [2.45, 2.75) is 49.7 Å². The van der Waals surface area contributed by atoms with E-state index in [9.17, 15) is 9.32 Å². The van der Waals surface area contributed by atoms with Gasteiger partial charge >= 0.3 is 0 Å². The Morgan fingerprint density at radius 2 is 1.75 bits per heavy atom. The minimum Gasteiger partial charge on any atom is -0.508 e. The second-order valence-corrected chi connectivity index (χ2v) is 8.23. The van der Waals surface area contributed by atoms with Crippen molar-refractivity contribution in [1.82, 2.24) is 0 Å². The molecule has 2 aromatic carbocycles. The molecule has 1 atom stereocenters. The van der Waals surface area contributed by atoms with Crippen molar-refractivity contribution in [2.24, 2.45) is 0 Å². The van der Waals surface area contributed by atoms with E-state index < -0.39 is 10.8 Å². The van der Waals surface area contributed by atoms with Crippen molar-refractivity contribution in [3.8, 4) is 5.75 Å². The minimum absolute atomic E-state index is 0.283. The van der Waals surface area contributed by atoms with Crippen molar-refractivity contribution in [1.29, 1.82) is 0 Å². The lowest BCUT2D eigenvalue weighted by Gasteiger charge is -2.21. The third kappa shape index (κ3) is 4.84. The second kappa shape index (κ2) is 8.34. The number of aromatic hydroxyl groups is 1. The fourth-order valence-corrected chi connectivity index (χ4v) is 4.85. The first kappa shape index (κ1) is 17.0. The van der Waals surface area contributed by atoms with E-state index in [0.717, 1.165) is 29.7 Å². The first-order valence-corrected chi connectivity index (χ1v) is 10.1. The van der Waals surface area contributed by atoms with E-state index in [1.54, 1.807) is 12.1 Å². The highest BCUT2D eigenvalue weighted by Crippen LogP contribution is 2.24. The van der Waals surface area contributed by atoms with Crippen LogP contribution in [0.1, 0.15) is 43.2 Å². The Bertz CT molecular complexity index is 696. The maximum absolute atomic E-state index is 12.6. The summed E-state index contributed by atoms with van der Waals surface area (Å²) < 4.78 is 12.6. The molecule has 0 bridgehead atoms. The number of phenolic OH excluding ortho intramolecular Hbond substituents is 1. The molecule has 128 valence electrons. The maximum atomic E-state index is 12.6. The smallest absolute Gasteiger partial charge is 0.115 e.